The van der Waals surface area contributed by atoms with Crippen molar-refractivity contribution in [3.05, 3.63) is 64.1 Å². The molecular formula is C25H28N2O6. The Hall–Kier alpha value is -3.23. The van der Waals surface area contributed by atoms with Crippen molar-refractivity contribution in [1.29, 1.82) is 0 Å². The van der Waals surface area contributed by atoms with Crippen LogP contribution in [0.15, 0.2) is 53.0 Å². The maximum atomic E-state index is 13.0. The number of hydrogen-bond acceptors (Lipinski definition) is 7. The molecule has 0 radical (unpaired) electrons. The molecule has 0 spiro atoms. The summed E-state index contributed by atoms with van der Waals surface area (Å²) in [5.74, 6) is -0.843. The minimum absolute atomic E-state index is 0.0103. The molecule has 1 amide bonds. The number of aldehydes is 1. The summed E-state index contributed by atoms with van der Waals surface area (Å²) in [5, 5.41) is 13.0. The van der Waals surface area contributed by atoms with Crippen LogP contribution >= 0.6 is 0 Å². The fourth-order valence-corrected chi connectivity index (χ4v) is 4.50. The van der Waals surface area contributed by atoms with Crippen LogP contribution in [0.3, 0.4) is 0 Å². The van der Waals surface area contributed by atoms with Crippen LogP contribution in [0.25, 0.3) is 5.57 Å². The Morgan fingerprint density at radius 3 is 2.79 bits per heavy atom. The van der Waals surface area contributed by atoms with Crippen LogP contribution in [0, 0.1) is 5.41 Å². The van der Waals surface area contributed by atoms with Crippen molar-refractivity contribution in [3.8, 4) is 0 Å². The van der Waals surface area contributed by atoms with Crippen molar-refractivity contribution in [1.82, 2.24) is 10.2 Å². The lowest BCUT2D eigenvalue weighted by atomic mass is 9.70. The monoisotopic (exact) mass is 452 g/mol. The number of aliphatic hydroxyl groups excluding tert-OH is 1. The van der Waals surface area contributed by atoms with Crippen LogP contribution in [0.1, 0.15) is 36.2 Å². The summed E-state index contributed by atoms with van der Waals surface area (Å²) >= 11 is 0. The number of allylic oxidation sites excluding steroid dienone is 3. The first-order valence-corrected chi connectivity index (χ1v) is 11.1. The Kier molecular flexibility index (Phi) is 6.49. The van der Waals surface area contributed by atoms with Crippen molar-refractivity contribution in [2.24, 2.45) is 5.41 Å². The van der Waals surface area contributed by atoms with E-state index in [-0.39, 0.29) is 23.0 Å². The number of fused-ring (bicyclic) bond motifs is 1. The molecule has 33 heavy (non-hydrogen) atoms. The first kappa shape index (κ1) is 22.9. The molecule has 1 atom stereocenters. The lowest BCUT2D eigenvalue weighted by Crippen LogP contribution is -2.41. The number of aliphatic hydroxyl groups is 1. The lowest BCUT2D eigenvalue weighted by molar-refractivity contribution is -0.135. The minimum Gasteiger partial charge on any atom is -0.507 e. The zero-order valence-corrected chi connectivity index (χ0v) is 18.8. The minimum atomic E-state index is -0.748. The molecular weight excluding hydrogens is 424 g/mol. The maximum Gasteiger partial charge on any atom is 0.343 e. The van der Waals surface area contributed by atoms with Gasteiger partial charge in [-0.3, -0.25) is 14.5 Å². The second kappa shape index (κ2) is 9.33. The van der Waals surface area contributed by atoms with E-state index in [1.807, 2.05) is 13.8 Å². The molecule has 1 aromatic carbocycles. The Bertz CT molecular complexity index is 1080. The van der Waals surface area contributed by atoms with Gasteiger partial charge in [-0.2, -0.15) is 0 Å². The van der Waals surface area contributed by atoms with Gasteiger partial charge in [-0.1, -0.05) is 12.1 Å². The highest BCUT2D eigenvalue weighted by molar-refractivity contribution is 6.19. The summed E-state index contributed by atoms with van der Waals surface area (Å²) in [5.41, 5.74) is 1.35. The van der Waals surface area contributed by atoms with Gasteiger partial charge >= 0.3 is 5.97 Å². The first-order chi connectivity index (χ1) is 15.8. The molecule has 4 rings (SSSR count). The number of esters is 1. The molecule has 1 aromatic rings. The van der Waals surface area contributed by atoms with Gasteiger partial charge in [-0.25, -0.2) is 4.79 Å². The lowest BCUT2D eigenvalue weighted by Gasteiger charge is -2.39. The third kappa shape index (κ3) is 4.36. The number of carbonyl (C=O) groups is 3. The van der Waals surface area contributed by atoms with Crippen molar-refractivity contribution in [3.63, 3.8) is 0 Å². The zero-order chi connectivity index (χ0) is 23.6. The molecule has 0 bridgehead atoms. The molecule has 1 unspecified atom stereocenters. The summed E-state index contributed by atoms with van der Waals surface area (Å²) in [7, 11) is 0. The smallest absolute Gasteiger partial charge is 0.343 e. The SMILES string of the molecule is CC1=C(c2cccc(C(=O)NCCN3CCOCC3)c2)C(=O)OC2=C(C=O)C(O)=CCC12C. The number of benzene rings is 1. The average Bonchev–Trinajstić information content (AvgIpc) is 2.82. The molecule has 2 aliphatic heterocycles. The quantitative estimate of drug-likeness (QED) is 0.504. The predicted octanol–water partition coefficient (Wildman–Crippen LogP) is 2.38. The van der Waals surface area contributed by atoms with Gasteiger partial charge < -0.3 is 19.9 Å². The molecule has 0 aromatic heterocycles. The van der Waals surface area contributed by atoms with E-state index in [4.69, 9.17) is 9.47 Å². The van der Waals surface area contributed by atoms with Crippen molar-refractivity contribution >= 4 is 23.7 Å². The second-order valence-corrected chi connectivity index (χ2v) is 8.67. The van der Waals surface area contributed by atoms with Crippen molar-refractivity contribution in [2.45, 2.75) is 20.3 Å². The summed E-state index contributed by atoms with van der Waals surface area (Å²) < 4.78 is 10.9. The molecule has 0 saturated carbocycles. The van der Waals surface area contributed by atoms with E-state index in [9.17, 15) is 19.5 Å². The maximum absolute atomic E-state index is 13.0. The Morgan fingerprint density at radius 1 is 1.30 bits per heavy atom. The van der Waals surface area contributed by atoms with Crippen LogP contribution in [0.5, 0.6) is 0 Å². The molecule has 8 nitrogen and oxygen atoms in total. The van der Waals surface area contributed by atoms with Crippen LogP contribution in [-0.4, -0.2) is 67.6 Å². The number of morpholine rings is 1. The van der Waals surface area contributed by atoms with Gasteiger partial charge in [-0.05, 0) is 49.6 Å². The van der Waals surface area contributed by atoms with Gasteiger partial charge in [0.15, 0.2) is 6.29 Å². The number of amides is 1. The van der Waals surface area contributed by atoms with E-state index in [1.165, 1.54) is 0 Å². The fourth-order valence-electron chi connectivity index (χ4n) is 4.50. The highest BCUT2D eigenvalue weighted by atomic mass is 16.5. The Labute approximate surface area is 192 Å². The van der Waals surface area contributed by atoms with E-state index in [2.05, 4.69) is 10.2 Å². The Morgan fingerprint density at radius 2 is 2.06 bits per heavy atom. The highest BCUT2D eigenvalue weighted by Gasteiger charge is 2.45. The summed E-state index contributed by atoms with van der Waals surface area (Å²) in [4.78, 5) is 39.4. The van der Waals surface area contributed by atoms with E-state index >= 15 is 0 Å². The van der Waals surface area contributed by atoms with Gasteiger partial charge in [0.2, 0.25) is 0 Å². The first-order valence-electron chi connectivity index (χ1n) is 11.1. The van der Waals surface area contributed by atoms with Gasteiger partial charge in [-0.15, -0.1) is 0 Å². The topological polar surface area (TPSA) is 105 Å². The third-order valence-electron chi connectivity index (χ3n) is 6.68. The molecule has 8 heteroatoms. The molecule has 1 fully saturated rings. The molecule has 3 aliphatic rings. The van der Waals surface area contributed by atoms with Crippen LogP contribution in [0.2, 0.25) is 0 Å². The standard InChI is InChI=1S/C25H28N2O6/c1-16-21(24(31)33-22-19(15-28)20(29)6-7-25(16,22)2)17-4-3-5-18(14-17)23(30)26-8-9-27-10-12-32-13-11-27/h3-6,14-15,29H,7-13H2,1-2H3,(H,26,30). The molecule has 2 N–H and O–H groups in total. The van der Waals surface area contributed by atoms with E-state index in [0.717, 1.165) is 25.2 Å². The van der Waals surface area contributed by atoms with Gasteiger partial charge in [0, 0.05) is 31.7 Å². The molecule has 174 valence electrons. The van der Waals surface area contributed by atoms with E-state index < -0.39 is 11.4 Å². The largest absolute Gasteiger partial charge is 0.507 e. The molecule has 1 saturated heterocycles. The van der Waals surface area contributed by atoms with Crippen molar-refractivity contribution in [2.75, 3.05) is 39.4 Å². The third-order valence-corrected chi connectivity index (χ3v) is 6.68. The van der Waals surface area contributed by atoms with Gasteiger partial charge in [0.05, 0.1) is 29.8 Å². The van der Waals surface area contributed by atoms with Crippen molar-refractivity contribution < 1.29 is 29.0 Å². The number of carbonyl (C=O) groups excluding carboxylic acids is 3. The molecule has 1 aliphatic carbocycles. The second-order valence-electron chi connectivity index (χ2n) is 8.67. The van der Waals surface area contributed by atoms with Gasteiger partial charge in [0.1, 0.15) is 11.5 Å². The Balaban J connectivity index is 1.56. The van der Waals surface area contributed by atoms with E-state index in [1.54, 1.807) is 30.3 Å². The predicted molar refractivity (Wildman–Crippen MR) is 121 cm³/mol. The normalized spacial score (nSPS) is 23.6. The van der Waals surface area contributed by atoms with E-state index in [0.29, 0.717) is 49.2 Å². The summed E-state index contributed by atoms with van der Waals surface area (Å²) in [6.07, 6.45) is 2.45. The zero-order valence-electron chi connectivity index (χ0n) is 18.8. The van der Waals surface area contributed by atoms with Gasteiger partial charge in [0.25, 0.3) is 5.91 Å². The molecule has 2 heterocycles. The van der Waals surface area contributed by atoms with Crippen LogP contribution in [0.4, 0.5) is 0 Å². The summed E-state index contributed by atoms with van der Waals surface area (Å²) in [6, 6.07) is 6.88. The number of nitrogens with zero attached hydrogens (tertiary/aromatic N) is 1. The van der Waals surface area contributed by atoms with Crippen LogP contribution in [-0.2, 0) is 19.1 Å². The highest BCUT2D eigenvalue weighted by Crippen LogP contribution is 2.50. The number of hydrogen-bond donors (Lipinski definition) is 2. The number of nitrogens with one attached hydrogen (secondary N) is 1. The fraction of sp³-hybridized carbons (Fsp3) is 0.400. The number of rotatable bonds is 6. The summed E-state index contributed by atoms with van der Waals surface area (Å²) in [6.45, 7) is 8.09. The average molecular weight is 453 g/mol. The van der Waals surface area contributed by atoms with Crippen LogP contribution < -0.4 is 5.32 Å². The number of ether oxygens (including phenoxy) is 2.